The maximum absolute atomic E-state index is 12.8. The first-order chi connectivity index (χ1) is 13.9. The summed E-state index contributed by atoms with van der Waals surface area (Å²) in [6.07, 6.45) is 2.86. The summed E-state index contributed by atoms with van der Waals surface area (Å²) in [6, 6.07) is 7.76. The van der Waals surface area contributed by atoms with Crippen molar-refractivity contribution < 1.29 is 19.1 Å². The molecule has 2 aromatic carbocycles. The number of nitrogens with one attached hydrogen (secondary N) is 1. The van der Waals surface area contributed by atoms with E-state index < -0.39 is 11.8 Å². The Labute approximate surface area is 175 Å². The fraction of sp³-hybridized carbons (Fsp3) is 0.111. The predicted octanol–water partition coefficient (Wildman–Crippen LogP) is 2.70. The lowest BCUT2D eigenvalue weighted by Crippen LogP contribution is -2.20. The van der Waals surface area contributed by atoms with Gasteiger partial charge in [-0.2, -0.15) is 5.10 Å². The second-order valence-corrected chi connectivity index (χ2v) is 6.54. The number of hydrogen-bond donors (Lipinski definition) is 2. The van der Waals surface area contributed by atoms with E-state index in [9.17, 15) is 9.59 Å². The van der Waals surface area contributed by atoms with Crippen molar-refractivity contribution in [2.24, 2.45) is 5.73 Å². The van der Waals surface area contributed by atoms with E-state index in [1.54, 1.807) is 18.2 Å². The summed E-state index contributed by atoms with van der Waals surface area (Å²) in [5, 5.41) is 7.33. The van der Waals surface area contributed by atoms with Gasteiger partial charge < -0.3 is 20.5 Å². The lowest BCUT2D eigenvalue weighted by Gasteiger charge is -2.14. The molecule has 3 aromatic rings. The number of hydrogen-bond acceptors (Lipinski definition) is 6. The third kappa shape index (κ3) is 4.76. The number of ether oxygens (including phenoxy) is 2. The Morgan fingerprint density at radius 2 is 2.03 bits per heavy atom. The second kappa shape index (κ2) is 8.80. The molecule has 3 rings (SSSR count). The molecule has 0 aliphatic rings. The van der Waals surface area contributed by atoms with Crippen molar-refractivity contribution in [2.45, 2.75) is 0 Å². The van der Waals surface area contributed by atoms with Crippen LogP contribution in [0.4, 0.5) is 5.69 Å². The van der Waals surface area contributed by atoms with Crippen LogP contribution in [0.2, 0.25) is 10.0 Å². The summed E-state index contributed by atoms with van der Waals surface area (Å²) in [7, 11) is 1.38. The monoisotopic (exact) mass is 435 g/mol. The minimum atomic E-state index is -0.675. The van der Waals surface area contributed by atoms with Crippen LogP contribution in [0.3, 0.4) is 0 Å². The first-order valence-corrected chi connectivity index (χ1v) is 8.89. The summed E-state index contributed by atoms with van der Waals surface area (Å²) in [4.78, 5) is 27.7. The van der Waals surface area contributed by atoms with Gasteiger partial charge >= 0.3 is 0 Å². The van der Waals surface area contributed by atoms with Crippen molar-refractivity contribution in [1.29, 1.82) is 0 Å². The molecule has 9 nitrogen and oxygen atoms in total. The zero-order valence-corrected chi connectivity index (χ0v) is 16.6. The van der Waals surface area contributed by atoms with Gasteiger partial charge in [0.2, 0.25) is 0 Å². The van der Waals surface area contributed by atoms with Crippen molar-refractivity contribution in [3.05, 3.63) is 58.6 Å². The molecule has 0 bridgehead atoms. The molecular formula is C18H15Cl2N5O4. The van der Waals surface area contributed by atoms with Gasteiger partial charge in [0.1, 0.15) is 12.7 Å². The van der Waals surface area contributed by atoms with Gasteiger partial charge in [-0.25, -0.2) is 9.67 Å². The highest BCUT2D eigenvalue weighted by Crippen LogP contribution is 2.36. The number of carbonyl (C=O) groups excluding carboxylic acids is 2. The normalized spacial score (nSPS) is 10.4. The lowest BCUT2D eigenvalue weighted by molar-refractivity contribution is -0.119. The number of benzene rings is 2. The summed E-state index contributed by atoms with van der Waals surface area (Å²) in [5.74, 6) is -0.871. The summed E-state index contributed by atoms with van der Waals surface area (Å²) in [6.45, 7) is -0.384. The third-order valence-electron chi connectivity index (χ3n) is 3.72. The molecule has 1 aromatic heterocycles. The number of amides is 2. The average Bonchev–Trinajstić information content (AvgIpc) is 3.20. The Bertz CT molecular complexity index is 1060. The summed E-state index contributed by atoms with van der Waals surface area (Å²) in [5.41, 5.74) is 6.26. The number of nitrogens with zero attached hydrogens (tertiary/aromatic N) is 3. The van der Waals surface area contributed by atoms with Gasteiger partial charge in [0.25, 0.3) is 11.8 Å². The van der Waals surface area contributed by atoms with E-state index in [-0.39, 0.29) is 28.7 Å². The highest BCUT2D eigenvalue weighted by molar-refractivity contribution is 6.33. The number of aromatic nitrogens is 3. The van der Waals surface area contributed by atoms with Crippen LogP contribution in [-0.2, 0) is 4.79 Å². The van der Waals surface area contributed by atoms with E-state index >= 15 is 0 Å². The number of anilines is 1. The predicted molar refractivity (Wildman–Crippen MR) is 107 cm³/mol. The molecule has 1 heterocycles. The minimum absolute atomic E-state index is 0.0818. The fourth-order valence-corrected chi connectivity index (χ4v) is 2.91. The van der Waals surface area contributed by atoms with Crippen molar-refractivity contribution in [2.75, 3.05) is 19.0 Å². The van der Waals surface area contributed by atoms with Crippen LogP contribution in [0.1, 0.15) is 10.4 Å². The molecule has 0 atom stereocenters. The molecule has 0 unspecified atom stereocenters. The van der Waals surface area contributed by atoms with Crippen molar-refractivity contribution in [3.63, 3.8) is 0 Å². The minimum Gasteiger partial charge on any atom is -0.493 e. The molecule has 29 heavy (non-hydrogen) atoms. The Morgan fingerprint density at radius 3 is 2.69 bits per heavy atom. The number of nitrogens with two attached hydrogens (primary N) is 1. The molecular weight excluding hydrogens is 421 g/mol. The van der Waals surface area contributed by atoms with Gasteiger partial charge in [-0.3, -0.25) is 9.59 Å². The third-order valence-corrected chi connectivity index (χ3v) is 4.24. The molecule has 3 N–H and O–H groups in total. The van der Waals surface area contributed by atoms with Crippen LogP contribution in [0.15, 0.2) is 43.0 Å². The van der Waals surface area contributed by atoms with Crippen molar-refractivity contribution in [1.82, 2.24) is 14.8 Å². The zero-order valence-electron chi connectivity index (χ0n) is 15.1. The van der Waals surface area contributed by atoms with E-state index in [0.29, 0.717) is 16.4 Å². The van der Waals surface area contributed by atoms with E-state index in [0.717, 1.165) is 0 Å². The van der Waals surface area contributed by atoms with Gasteiger partial charge in [0, 0.05) is 10.6 Å². The second-order valence-electron chi connectivity index (χ2n) is 5.70. The van der Waals surface area contributed by atoms with Gasteiger partial charge in [-0.15, -0.1) is 0 Å². The van der Waals surface area contributed by atoms with Crippen LogP contribution in [0.25, 0.3) is 5.69 Å². The van der Waals surface area contributed by atoms with Gasteiger partial charge in [-0.05, 0) is 30.3 Å². The topological polar surface area (TPSA) is 121 Å². The number of methoxy groups -OCH3 is 1. The fourth-order valence-electron chi connectivity index (χ4n) is 2.47. The van der Waals surface area contributed by atoms with Crippen LogP contribution in [0.5, 0.6) is 11.5 Å². The van der Waals surface area contributed by atoms with E-state index in [2.05, 4.69) is 15.4 Å². The quantitative estimate of drug-likeness (QED) is 0.588. The molecule has 0 spiro atoms. The molecule has 0 radical (unpaired) electrons. The first-order valence-electron chi connectivity index (χ1n) is 8.13. The molecule has 0 aliphatic carbocycles. The van der Waals surface area contributed by atoms with Gasteiger partial charge in [0.05, 0.1) is 23.5 Å². The summed E-state index contributed by atoms with van der Waals surface area (Å²) >= 11 is 12.3. The van der Waals surface area contributed by atoms with E-state index in [1.807, 2.05) is 0 Å². The van der Waals surface area contributed by atoms with Crippen LogP contribution >= 0.6 is 23.2 Å². The highest BCUT2D eigenvalue weighted by Gasteiger charge is 2.18. The average molecular weight is 436 g/mol. The first kappa shape index (κ1) is 20.4. The zero-order chi connectivity index (χ0) is 21.0. The van der Waals surface area contributed by atoms with E-state index in [1.165, 1.54) is 36.6 Å². The maximum atomic E-state index is 12.8. The largest absolute Gasteiger partial charge is 0.493 e. The van der Waals surface area contributed by atoms with Gasteiger partial charge in [-0.1, -0.05) is 23.2 Å². The van der Waals surface area contributed by atoms with Crippen molar-refractivity contribution in [3.8, 4) is 17.2 Å². The van der Waals surface area contributed by atoms with Crippen LogP contribution in [-0.4, -0.2) is 40.3 Å². The molecule has 11 heteroatoms. The SMILES string of the molecule is COc1cc(C(=O)Nc2cc(Cl)ccc2-n2cncn2)cc(Cl)c1OCC(N)=O. The Hall–Kier alpha value is -3.30. The van der Waals surface area contributed by atoms with Crippen molar-refractivity contribution >= 4 is 40.7 Å². The molecule has 0 saturated heterocycles. The smallest absolute Gasteiger partial charge is 0.255 e. The number of primary amides is 1. The lowest BCUT2D eigenvalue weighted by atomic mass is 10.1. The Morgan fingerprint density at radius 1 is 1.24 bits per heavy atom. The van der Waals surface area contributed by atoms with Gasteiger partial charge in [0.15, 0.2) is 18.1 Å². The van der Waals surface area contributed by atoms with Crippen LogP contribution in [0, 0.1) is 0 Å². The number of carbonyl (C=O) groups is 2. The maximum Gasteiger partial charge on any atom is 0.255 e. The molecule has 150 valence electrons. The highest BCUT2D eigenvalue weighted by atomic mass is 35.5. The van der Waals surface area contributed by atoms with E-state index in [4.69, 9.17) is 38.4 Å². The molecule has 0 fully saturated rings. The standard InChI is InChI=1S/C18H15Cl2N5O4/c1-28-15-5-10(4-12(20)17(15)29-7-16(21)26)18(27)24-13-6-11(19)2-3-14(13)25-9-22-8-23-25/h2-6,8-9H,7H2,1H3,(H2,21,26)(H,24,27). The number of halogens is 2. The Balaban J connectivity index is 1.91. The Kier molecular flexibility index (Phi) is 6.20. The molecule has 0 saturated carbocycles. The van der Waals surface area contributed by atoms with Crippen LogP contribution < -0.4 is 20.5 Å². The molecule has 0 aliphatic heterocycles. The molecule has 2 amide bonds. The number of rotatable bonds is 7. The summed E-state index contributed by atoms with van der Waals surface area (Å²) < 4.78 is 12.0.